The summed E-state index contributed by atoms with van der Waals surface area (Å²) in [5.74, 6) is 0.522. The van der Waals surface area contributed by atoms with E-state index in [1.165, 1.54) is 10.6 Å². The van der Waals surface area contributed by atoms with E-state index in [9.17, 15) is 13.2 Å². The van der Waals surface area contributed by atoms with Crippen molar-refractivity contribution in [1.82, 2.24) is 4.90 Å². The molecule has 0 saturated carbocycles. The van der Waals surface area contributed by atoms with E-state index in [0.29, 0.717) is 24.7 Å². The van der Waals surface area contributed by atoms with Crippen molar-refractivity contribution < 1.29 is 13.2 Å². The maximum Gasteiger partial charge on any atom is 0.243 e. The summed E-state index contributed by atoms with van der Waals surface area (Å²) in [6, 6.07) is 5.77. The van der Waals surface area contributed by atoms with Gasteiger partial charge >= 0.3 is 0 Å². The number of likely N-dealkylation sites (tertiary alicyclic amines) is 1. The van der Waals surface area contributed by atoms with Crippen LogP contribution in [0.5, 0.6) is 0 Å². The van der Waals surface area contributed by atoms with E-state index >= 15 is 0 Å². The van der Waals surface area contributed by atoms with Crippen molar-refractivity contribution in [1.29, 1.82) is 0 Å². The summed E-state index contributed by atoms with van der Waals surface area (Å²) < 4.78 is 26.3. The van der Waals surface area contributed by atoms with Gasteiger partial charge in [-0.3, -0.25) is 9.10 Å². The van der Waals surface area contributed by atoms with Crippen LogP contribution in [-0.2, 0) is 14.8 Å². The average Bonchev–Trinajstić information content (AvgIpc) is 2.51. The molecule has 6 heteroatoms. The van der Waals surface area contributed by atoms with Gasteiger partial charge in [0.05, 0.1) is 11.9 Å². The van der Waals surface area contributed by atoms with Gasteiger partial charge in [0.25, 0.3) is 0 Å². The van der Waals surface area contributed by atoms with Crippen LogP contribution < -0.4 is 4.31 Å². The lowest BCUT2D eigenvalue weighted by Gasteiger charge is -2.34. The fraction of sp³-hybridized carbons (Fsp3) is 0.632. The van der Waals surface area contributed by atoms with Gasteiger partial charge in [-0.1, -0.05) is 39.0 Å². The third-order valence-electron chi connectivity index (χ3n) is 4.83. The number of hydrogen-bond donors (Lipinski definition) is 0. The highest BCUT2D eigenvalue weighted by Crippen LogP contribution is 2.32. The summed E-state index contributed by atoms with van der Waals surface area (Å²) in [7, 11) is -3.56. The summed E-state index contributed by atoms with van der Waals surface area (Å²) in [5.41, 5.74) is 2.47. The number of sulfonamides is 1. The Morgan fingerprint density at radius 1 is 1.36 bits per heavy atom. The van der Waals surface area contributed by atoms with Gasteiger partial charge in [-0.2, -0.15) is 0 Å². The van der Waals surface area contributed by atoms with E-state index in [0.717, 1.165) is 24.0 Å². The van der Waals surface area contributed by atoms with Crippen LogP contribution in [0.25, 0.3) is 0 Å². The molecule has 1 aromatic rings. The predicted molar refractivity (Wildman–Crippen MR) is 102 cm³/mol. The first-order chi connectivity index (χ1) is 11.6. The molecule has 0 bridgehead atoms. The van der Waals surface area contributed by atoms with E-state index in [1.54, 1.807) is 4.90 Å². The number of para-hydroxylation sites is 1. The zero-order chi connectivity index (χ0) is 18.8. The van der Waals surface area contributed by atoms with E-state index in [2.05, 4.69) is 6.92 Å². The number of rotatable bonds is 5. The molecule has 1 heterocycles. The van der Waals surface area contributed by atoms with E-state index in [1.807, 2.05) is 39.0 Å². The van der Waals surface area contributed by atoms with Crippen molar-refractivity contribution in [3.05, 3.63) is 29.3 Å². The fourth-order valence-corrected chi connectivity index (χ4v) is 4.42. The van der Waals surface area contributed by atoms with Gasteiger partial charge in [0.15, 0.2) is 0 Å². The molecule has 0 aliphatic carbocycles. The van der Waals surface area contributed by atoms with Gasteiger partial charge in [0, 0.05) is 13.1 Å². The second kappa shape index (κ2) is 7.77. The predicted octanol–water partition coefficient (Wildman–Crippen LogP) is 3.14. The zero-order valence-electron chi connectivity index (χ0n) is 15.9. The van der Waals surface area contributed by atoms with Crippen LogP contribution >= 0.6 is 0 Å². The molecular formula is C19H30N2O3S. The highest BCUT2D eigenvalue weighted by atomic mass is 32.2. The van der Waals surface area contributed by atoms with Crippen LogP contribution in [0.1, 0.15) is 50.7 Å². The number of carbonyl (C=O) groups is 1. The lowest BCUT2D eigenvalue weighted by Crippen LogP contribution is -2.46. The second-order valence-corrected chi connectivity index (χ2v) is 9.43. The Morgan fingerprint density at radius 3 is 2.60 bits per heavy atom. The zero-order valence-corrected chi connectivity index (χ0v) is 16.8. The van der Waals surface area contributed by atoms with Crippen LogP contribution in [-0.4, -0.2) is 45.1 Å². The number of hydrogen-bond acceptors (Lipinski definition) is 3. The third-order valence-corrected chi connectivity index (χ3v) is 5.94. The SMILES string of the molecule is Cc1cccc(C(C)C)c1N(CC(=O)N1CCCC(C)C1)S(C)(=O)=O. The number of anilines is 1. The monoisotopic (exact) mass is 366 g/mol. The lowest BCUT2D eigenvalue weighted by molar-refractivity contribution is -0.131. The second-order valence-electron chi connectivity index (χ2n) is 7.52. The largest absolute Gasteiger partial charge is 0.341 e. The normalized spacial score (nSPS) is 18.5. The van der Waals surface area contributed by atoms with Crippen LogP contribution in [0, 0.1) is 12.8 Å². The smallest absolute Gasteiger partial charge is 0.243 e. The molecule has 5 nitrogen and oxygen atoms in total. The molecule has 140 valence electrons. The highest BCUT2D eigenvalue weighted by Gasteiger charge is 2.29. The minimum absolute atomic E-state index is 0.116. The highest BCUT2D eigenvalue weighted by molar-refractivity contribution is 7.92. The Balaban J connectivity index is 2.37. The molecule has 1 saturated heterocycles. The van der Waals surface area contributed by atoms with Crippen molar-refractivity contribution in [2.75, 3.05) is 30.2 Å². The van der Waals surface area contributed by atoms with Gasteiger partial charge in [0.2, 0.25) is 15.9 Å². The topological polar surface area (TPSA) is 57.7 Å². The first-order valence-corrected chi connectivity index (χ1v) is 10.8. The fourth-order valence-electron chi connectivity index (χ4n) is 3.49. The Kier molecular flexibility index (Phi) is 6.14. The molecule has 0 N–H and O–H groups in total. The molecule has 25 heavy (non-hydrogen) atoms. The number of amides is 1. The van der Waals surface area contributed by atoms with Gasteiger partial charge in [-0.25, -0.2) is 8.42 Å². The number of aryl methyl sites for hydroxylation is 1. The molecule has 1 amide bonds. The maximum atomic E-state index is 12.8. The number of carbonyl (C=O) groups excluding carboxylic acids is 1. The van der Waals surface area contributed by atoms with Gasteiger partial charge in [0.1, 0.15) is 6.54 Å². The standard InChI is InChI=1S/C19H30N2O3S/c1-14(2)17-10-6-9-16(4)19(17)21(25(5,23)24)13-18(22)20-11-7-8-15(3)12-20/h6,9-10,14-15H,7-8,11-13H2,1-5H3. The molecule has 0 radical (unpaired) electrons. The molecule has 1 unspecified atom stereocenters. The Morgan fingerprint density at radius 2 is 2.04 bits per heavy atom. The molecule has 1 aliphatic rings. The van der Waals surface area contributed by atoms with Crippen molar-refractivity contribution in [3.8, 4) is 0 Å². The summed E-state index contributed by atoms with van der Waals surface area (Å²) in [5, 5.41) is 0. The molecule has 1 aromatic carbocycles. The third kappa shape index (κ3) is 4.75. The summed E-state index contributed by atoms with van der Waals surface area (Å²) in [4.78, 5) is 14.6. The Labute approximate surface area is 152 Å². The maximum absolute atomic E-state index is 12.8. The van der Waals surface area contributed by atoms with Crippen LogP contribution in [0.15, 0.2) is 18.2 Å². The molecule has 0 aromatic heterocycles. The van der Waals surface area contributed by atoms with Crippen molar-refractivity contribution in [3.63, 3.8) is 0 Å². The van der Waals surface area contributed by atoms with E-state index in [4.69, 9.17) is 0 Å². The molecular weight excluding hydrogens is 336 g/mol. The summed E-state index contributed by atoms with van der Waals surface area (Å²) >= 11 is 0. The van der Waals surface area contributed by atoms with Crippen molar-refractivity contribution in [2.24, 2.45) is 5.92 Å². The lowest BCUT2D eigenvalue weighted by atomic mass is 9.98. The molecule has 2 rings (SSSR count). The van der Waals surface area contributed by atoms with Gasteiger partial charge < -0.3 is 4.90 Å². The summed E-state index contributed by atoms with van der Waals surface area (Å²) in [6.07, 6.45) is 3.28. The Hall–Kier alpha value is -1.56. The molecule has 1 fully saturated rings. The number of nitrogens with zero attached hydrogens (tertiary/aromatic N) is 2. The Bertz CT molecular complexity index is 728. The quantitative estimate of drug-likeness (QED) is 0.804. The van der Waals surface area contributed by atoms with E-state index in [-0.39, 0.29) is 18.4 Å². The molecule has 1 atom stereocenters. The minimum atomic E-state index is -3.56. The van der Waals surface area contributed by atoms with Crippen molar-refractivity contribution in [2.45, 2.75) is 46.5 Å². The van der Waals surface area contributed by atoms with Crippen LogP contribution in [0.4, 0.5) is 5.69 Å². The van der Waals surface area contributed by atoms with Gasteiger partial charge in [-0.15, -0.1) is 0 Å². The first kappa shape index (κ1) is 19.8. The molecule has 1 aliphatic heterocycles. The minimum Gasteiger partial charge on any atom is -0.341 e. The van der Waals surface area contributed by atoms with Crippen molar-refractivity contribution >= 4 is 21.6 Å². The summed E-state index contributed by atoms with van der Waals surface area (Å²) in [6.45, 7) is 9.39. The van der Waals surface area contributed by atoms with Gasteiger partial charge in [-0.05, 0) is 42.7 Å². The van der Waals surface area contributed by atoms with E-state index < -0.39 is 10.0 Å². The van der Waals surface area contributed by atoms with Crippen LogP contribution in [0.3, 0.4) is 0 Å². The number of benzene rings is 1. The van der Waals surface area contributed by atoms with Crippen LogP contribution in [0.2, 0.25) is 0 Å². The first-order valence-electron chi connectivity index (χ1n) is 8.96. The average molecular weight is 367 g/mol. The molecule has 0 spiro atoms. The number of piperidine rings is 1.